The molecule has 1 aliphatic heterocycles. The highest BCUT2D eigenvalue weighted by atomic mass is 16.5. The van der Waals surface area contributed by atoms with Gasteiger partial charge < -0.3 is 10.1 Å². The average molecular weight is 273 g/mol. The molecule has 1 aromatic carbocycles. The lowest BCUT2D eigenvalue weighted by Crippen LogP contribution is -2.39. The van der Waals surface area contributed by atoms with Crippen LogP contribution >= 0.6 is 0 Å². The van der Waals surface area contributed by atoms with Crippen LogP contribution in [0.25, 0.3) is 0 Å². The molecule has 2 heteroatoms. The van der Waals surface area contributed by atoms with Crippen molar-refractivity contribution in [2.24, 2.45) is 5.92 Å². The molecule has 1 N–H and O–H groups in total. The number of nitrogens with one attached hydrogen (secondary N) is 1. The van der Waals surface area contributed by atoms with Crippen LogP contribution < -0.4 is 10.1 Å². The van der Waals surface area contributed by atoms with E-state index in [-0.39, 0.29) is 0 Å². The first-order chi connectivity index (χ1) is 9.83. The molecule has 1 unspecified atom stereocenters. The molecule has 110 valence electrons. The molecule has 0 amide bonds. The van der Waals surface area contributed by atoms with Gasteiger partial charge in [-0.3, -0.25) is 0 Å². The highest BCUT2D eigenvalue weighted by Crippen LogP contribution is 2.28. The molecular formula is C18H27NO. The van der Waals surface area contributed by atoms with Gasteiger partial charge >= 0.3 is 0 Å². The van der Waals surface area contributed by atoms with E-state index >= 15 is 0 Å². The van der Waals surface area contributed by atoms with E-state index in [1.807, 2.05) is 0 Å². The fourth-order valence-corrected chi connectivity index (χ4v) is 3.66. The zero-order valence-corrected chi connectivity index (χ0v) is 12.6. The molecule has 2 nitrogen and oxygen atoms in total. The van der Waals surface area contributed by atoms with Crippen molar-refractivity contribution in [3.8, 4) is 5.75 Å². The minimum atomic E-state index is 0.320. The zero-order valence-electron chi connectivity index (χ0n) is 12.6. The summed E-state index contributed by atoms with van der Waals surface area (Å²) < 4.78 is 6.01. The fraction of sp³-hybridized carbons (Fsp3) is 0.667. The maximum atomic E-state index is 6.01. The minimum absolute atomic E-state index is 0.320. The molecule has 1 heterocycles. The molecule has 2 aliphatic rings. The predicted octanol–water partition coefficient (Wildman–Crippen LogP) is 3.94. The maximum absolute atomic E-state index is 6.01. The standard InChI is InChI=1S/C18H27NO/c1-14(15-8-4-2-3-5-9-15)19-13-17-12-16-10-6-7-11-18(16)20-17/h6-7,10-11,14-15,17,19H,2-5,8-9,12-13H2,1H3/t14-,17?/m1/s1. The van der Waals surface area contributed by atoms with E-state index in [0.29, 0.717) is 12.1 Å². The van der Waals surface area contributed by atoms with Gasteiger partial charge in [-0.15, -0.1) is 0 Å². The van der Waals surface area contributed by atoms with Crippen LogP contribution in [0.3, 0.4) is 0 Å². The Kier molecular flexibility index (Phi) is 4.62. The summed E-state index contributed by atoms with van der Waals surface area (Å²) in [6.07, 6.45) is 9.89. The molecule has 0 aromatic heterocycles. The Bertz CT molecular complexity index is 398. The van der Waals surface area contributed by atoms with Crippen LogP contribution in [0.4, 0.5) is 0 Å². The largest absolute Gasteiger partial charge is 0.488 e. The Labute approximate surface area is 122 Å². The Morgan fingerprint density at radius 1 is 1.15 bits per heavy atom. The molecule has 2 atom stereocenters. The summed E-state index contributed by atoms with van der Waals surface area (Å²) in [5, 5.41) is 3.73. The van der Waals surface area contributed by atoms with Crippen molar-refractivity contribution < 1.29 is 4.74 Å². The van der Waals surface area contributed by atoms with Crippen molar-refractivity contribution in [1.29, 1.82) is 0 Å². The first-order valence-electron chi connectivity index (χ1n) is 8.31. The molecule has 1 saturated carbocycles. The number of para-hydroxylation sites is 1. The molecule has 1 aromatic rings. The van der Waals surface area contributed by atoms with E-state index in [1.54, 1.807) is 0 Å². The summed E-state index contributed by atoms with van der Waals surface area (Å²) in [4.78, 5) is 0. The van der Waals surface area contributed by atoms with Crippen molar-refractivity contribution in [2.45, 2.75) is 64.0 Å². The molecule has 0 radical (unpaired) electrons. The number of ether oxygens (including phenoxy) is 1. The number of hydrogen-bond acceptors (Lipinski definition) is 2. The Balaban J connectivity index is 1.46. The molecule has 0 bridgehead atoms. The highest BCUT2D eigenvalue weighted by molar-refractivity contribution is 5.37. The summed E-state index contributed by atoms with van der Waals surface area (Å²) in [6, 6.07) is 9.06. The van der Waals surface area contributed by atoms with Crippen LogP contribution in [0.1, 0.15) is 51.0 Å². The van der Waals surface area contributed by atoms with Crippen molar-refractivity contribution in [3.63, 3.8) is 0 Å². The summed E-state index contributed by atoms with van der Waals surface area (Å²) in [7, 11) is 0. The number of benzene rings is 1. The van der Waals surface area contributed by atoms with Crippen molar-refractivity contribution >= 4 is 0 Å². The average Bonchev–Trinajstić information content (AvgIpc) is 2.69. The molecule has 3 rings (SSSR count). The Morgan fingerprint density at radius 3 is 2.65 bits per heavy atom. The van der Waals surface area contributed by atoms with Crippen molar-refractivity contribution in [1.82, 2.24) is 5.32 Å². The number of rotatable bonds is 4. The topological polar surface area (TPSA) is 21.3 Å². The van der Waals surface area contributed by atoms with Gasteiger partial charge in [0.2, 0.25) is 0 Å². The third kappa shape index (κ3) is 3.35. The quantitative estimate of drug-likeness (QED) is 0.839. The Hall–Kier alpha value is -1.02. The van der Waals surface area contributed by atoms with Gasteiger partial charge in [0.05, 0.1) is 0 Å². The zero-order chi connectivity index (χ0) is 13.8. The lowest BCUT2D eigenvalue weighted by Gasteiger charge is -2.25. The van der Waals surface area contributed by atoms with Gasteiger partial charge in [0, 0.05) is 19.0 Å². The Morgan fingerprint density at radius 2 is 1.90 bits per heavy atom. The monoisotopic (exact) mass is 273 g/mol. The van der Waals surface area contributed by atoms with Crippen LogP contribution in [0.15, 0.2) is 24.3 Å². The van der Waals surface area contributed by atoms with E-state index in [1.165, 1.54) is 44.1 Å². The molecule has 0 spiro atoms. The minimum Gasteiger partial charge on any atom is -0.488 e. The third-order valence-corrected chi connectivity index (χ3v) is 4.99. The van der Waals surface area contributed by atoms with Gasteiger partial charge in [-0.25, -0.2) is 0 Å². The van der Waals surface area contributed by atoms with Crippen LogP contribution in [-0.4, -0.2) is 18.7 Å². The molecular weight excluding hydrogens is 246 g/mol. The molecule has 1 aliphatic carbocycles. The first-order valence-corrected chi connectivity index (χ1v) is 8.31. The van der Waals surface area contributed by atoms with Gasteiger partial charge in [-0.05, 0) is 37.3 Å². The summed E-state index contributed by atoms with van der Waals surface area (Å²) in [5.41, 5.74) is 1.36. The smallest absolute Gasteiger partial charge is 0.123 e. The normalized spacial score (nSPS) is 24.8. The van der Waals surface area contributed by atoms with Gasteiger partial charge in [0.1, 0.15) is 11.9 Å². The van der Waals surface area contributed by atoms with Crippen molar-refractivity contribution in [2.75, 3.05) is 6.54 Å². The van der Waals surface area contributed by atoms with Crippen LogP contribution in [0.5, 0.6) is 5.75 Å². The molecule has 20 heavy (non-hydrogen) atoms. The summed E-state index contributed by atoms with van der Waals surface area (Å²) >= 11 is 0. The van der Waals surface area contributed by atoms with E-state index in [9.17, 15) is 0 Å². The highest BCUT2D eigenvalue weighted by Gasteiger charge is 2.24. The predicted molar refractivity (Wildman–Crippen MR) is 83.2 cm³/mol. The summed E-state index contributed by atoms with van der Waals surface area (Å²) in [5.74, 6) is 1.95. The van der Waals surface area contributed by atoms with E-state index in [2.05, 4.69) is 36.5 Å². The second-order valence-corrected chi connectivity index (χ2v) is 6.50. The molecule has 0 saturated heterocycles. The van der Waals surface area contributed by atoms with Crippen LogP contribution in [-0.2, 0) is 6.42 Å². The van der Waals surface area contributed by atoms with Crippen LogP contribution in [0, 0.1) is 5.92 Å². The molecule has 1 fully saturated rings. The number of hydrogen-bond donors (Lipinski definition) is 1. The van der Waals surface area contributed by atoms with E-state index in [0.717, 1.165) is 24.6 Å². The maximum Gasteiger partial charge on any atom is 0.123 e. The first kappa shape index (κ1) is 13.9. The van der Waals surface area contributed by atoms with Gasteiger partial charge in [-0.2, -0.15) is 0 Å². The van der Waals surface area contributed by atoms with Gasteiger partial charge in [0.25, 0.3) is 0 Å². The van der Waals surface area contributed by atoms with E-state index in [4.69, 9.17) is 4.74 Å². The summed E-state index contributed by atoms with van der Waals surface area (Å²) in [6.45, 7) is 3.34. The second-order valence-electron chi connectivity index (χ2n) is 6.50. The second kappa shape index (κ2) is 6.62. The van der Waals surface area contributed by atoms with Crippen LogP contribution in [0.2, 0.25) is 0 Å². The van der Waals surface area contributed by atoms with Gasteiger partial charge in [0.15, 0.2) is 0 Å². The van der Waals surface area contributed by atoms with Crippen molar-refractivity contribution in [3.05, 3.63) is 29.8 Å². The lowest BCUT2D eigenvalue weighted by atomic mass is 9.93. The SMILES string of the molecule is C[C@@H](NCC1Cc2ccccc2O1)C1CCCCCC1. The third-order valence-electron chi connectivity index (χ3n) is 4.99. The van der Waals surface area contributed by atoms with Gasteiger partial charge in [-0.1, -0.05) is 43.9 Å². The lowest BCUT2D eigenvalue weighted by molar-refractivity contribution is 0.211. The number of fused-ring (bicyclic) bond motifs is 1. The fourth-order valence-electron chi connectivity index (χ4n) is 3.66. The van der Waals surface area contributed by atoms with E-state index < -0.39 is 0 Å².